The van der Waals surface area contributed by atoms with Crippen LogP contribution in [-0.4, -0.2) is 45.2 Å². The number of carbonyl (C=O) groups excluding carboxylic acids is 1. The summed E-state index contributed by atoms with van der Waals surface area (Å²) in [5.41, 5.74) is 0.800. The van der Waals surface area contributed by atoms with Gasteiger partial charge in [-0.25, -0.2) is 0 Å². The number of amides is 1. The van der Waals surface area contributed by atoms with Gasteiger partial charge in [0.15, 0.2) is 0 Å². The third-order valence-corrected chi connectivity index (χ3v) is 4.12. The van der Waals surface area contributed by atoms with E-state index in [0.29, 0.717) is 10.2 Å². The first kappa shape index (κ1) is 15.5. The molecule has 1 aromatic heterocycles. The van der Waals surface area contributed by atoms with Crippen LogP contribution < -0.4 is 5.32 Å². The Morgan fingerprint density at radius 2 is 2.05 bits per heavy atom. The largest absolute Gasteiger partial charge is 0.403 e. The Kier molecular flexibility index (Phi) is 5.29. The number of hydrogen-bond donors (Lipinski definition) is 1. The zero-order chi connectivity index (χ0) is 15.2. The van der Waals surface area contributed by atoms with Gasteiger partial charge >= 0.3 is 6.01 Å². The minimum Gasteiger partial charge on any atom is -0.403 e. The molecule has 6 nitrogen and oxygen atoms in total. The van der Waals surface area contributed by atoms with E-state index in [4.69, 9.17) is 16.6 Å². The summed E-state index contributed by atoms with van der Waals surface area (Å²) in [4.78, 5) is 13.5. The molecule has 21 heavy (non-hydrogen) atoms. The van der Waals surface area contributed by atoms with E-state index in [0.717, 1.165) is 5.56 Å². The maximum absolute atomic E-state index is 11.7. The van der Waals surface area contributed by atoms with Crippen molar-refractivity contribution in [2.75, 3.05) is 25.2 Å². The molecule has 2 rings (SSSR count). The molecule has 1 aromatic carbocycles. The predicted molar refractivity (Wildman–Crippen MR) is 87.1 cm³/mol. The molecule has 0 unspecified atom stereocenters. The Morgan fingerprint density at radius 3 is 2.71 bits per heavy atom. The number of carbonyl (C=O) groups is 1. The molecule has 2 aromatic rings. The number of nitrogens with one attached hydrogen (secondary N) is 1. The van der Waals surface area contributed by atoms with Crippen molar-refractivity contribution in [2.24, 2.45) is 0 Å². The second kappa shape index (κ2) is 7.19. The smallest absolute Gasteiger partial charge is 0.322 e. The van der Waals surface area contributed by atoms with Crippen molar-refractivity contribution >= 4 is 40.2 Å². The Hall–Kier alpha value is -1.93. The van der Waals surface area contributed by atoms with Gasteiger partial charge in [-0.3, -0.25) is 10.1 Å². The number of thioether (sulfide) groups is 1. The molecule has 0 aliphatic carbocycles. The fourth-order valence-electron chi connectivity index (χ4n) is 1.38. The molecule has 110 valence electrons. The normalized spacial score (nSPS) is 10.2. The molecular formula is C13H14N4O2S2. The highest BCUT2D eigenvalue weighted by atomic mass is 32.2. The highest BCUT2D eigenvalue weighted by molar-refractivity contribution is 8.23. The van der Waals surface area contributed by atoms with Crippen molar-refractivity contribution in [1.29, 1.82) is 0 Å². The Labute approximate surface area is 131 Å². The third-order valence-electron chi connectivity index (χ3n) is 2.38. The highest BCUT2D eigenvalue weighted by Crippen LogP contribution is 2.19. The van der Waals surface area contributed by atoms with Gasteiger partial charge < -0.3 is 9.32 Å². The number of benzene rings is 1. The molecule has 0 saturated heterocycles. The Balaban J connectivity index is 1.91. The maximum atomic E-state index is 11.7. The maximum Gasteiger partial charge on any atom is 0.322 e. The van der Waals surface area contributed by atoms with Crippen LogP contribution in [0.3, 0.4) is 0 Å². The van der Waals surface area contributed by atoms with Crippen LogP contribution in [0.4, 0.5) is 6.01 Å². The summed E-state index contributed by atoms with van der Waals surface area (Å²) in [5, 5.41) is 10.2. The van der Waals surface area contributed by atoms with Crippen LogP contribution in [0, 0.1) is 0 Å². The van der Waals surface area contributed by atoms with Crippen molar-refractivity contribution < 1.29 is 9.21 Å². The standard InChI is InChI=1S/C13H14N4O2S2/c1-17(2)13(20)21-8-10(18)14-12-16-15-11(19-12)9-6-4-3-5-7-9/h3-7H,8H2,1-2H3,(H,14,16,18). The van der Waals surface area contributed by atoms with E-state index < -0.39 is 0 Å². The summed E-state index contributed by atoms with van der Waals surface area (Å²) in [6, 6.07) is 9.42. The molecule has 0 bridgehead atoms. The van der Waals surface area contributed by atoms with Gasteiger partial charge in [-0.05, 0) is 12.1 Å². The molecule has 0 spiro atoms. The molecule has 1 N–H and O–H groups in total. The van der Waals surface area contributed by atoms with E-state index in [9.17, 15) is 4.79 Å². The van der Waals surface area contributed by atoms with Gasteiger partial charge in [0.05, 0.1) is 5.75 Å². The molecular weight excluding hydrogens is 308 g/mol. The first-order chi connectivity index (χ1) is 10.1. The zero-order valence-electron chi connectivity index (χ0n) is 11.6. The summed E-state index contributed by atoms with van der Waals surface area (Å²) in [7, 11) is 3.66. The van der Waals surface area contributed by atoms with Gasteiger partial charge in [0.1, 0.15) is 4.32 Å². The first-order valence-electron chi connectivity index (χ1n) is 6.09. The lowest BCUT2D eigenvalue weighted by Crippen LogP contribution is -2.20. The van der Waals surface area contributed by atoms with Crippen molar-refractivity contribution in [3.8, 4) is 11.5 Å². The van der Waals surface area contributed by atoms with Gasteiger partial charge in [-0.2, -0.15) is 0 Å². The molecule has 0 radical (unpaired) electrons. The second-order valence-corrected chi connectivity index (χ2v) is 5.88. The number of rotatable bonds is 4. The molecule has 0 aliphatic heterocycles. The van der Waals surface area contributed by atoms with Crippen molar-refractivity contribution in [3.63, 3.8) is 0 Å². The number of hydrogen-bond acceptors (Lipinski definition) is 6. The van der Waals surface area contributed by atoms with Crippen LogP contribution in [-0.2, 0) is 4.79 Å². The Bertz CT molecular complexity index is 628. The molecule has 1 amide bonds. The third kappa shape index (κ3) is 4.54. The predicted octanol–water partition coefficient (Wildman–Crippen LogP) is 2.25. The summed E-state index contributed by atoms with van der Waals surface area (Å²) in [6.07, 6.45) is 0. The van der Waals surface area contributed by atoms with Gasteiger partial charge in [0, 0.05) is 19.7 Å². The van der Waals surface area contributed by atoms with Crippen LogP contribution in [0.25, 0.3) is 11.5 Å². The van der Waals surface area contributed by atoms with Crippen LogP contribution >= 0.6 is 24.0 Å². The van der Waals surface area contributed by atoms with Gasteiger partial charge in [0.25, 0.3) is 0 Å². The average Bonchev–Trinajstić information content (AvgIpc) is 2.94. The minimum atomic E-state index is -0.243. The topological polar surface area (TPSA) is 71.3 Å². The zero-order valence-corrected chi connectivity index (χ0v) is 13.2. The fraction of sp³-hybridized carbons (Fsp3) is 0.231. The summed E-state index contributed by atoms with van der Waals surface area (Å²) in [6.45, 7) is 0. The average molecular weight is 322 g/mol. The van der Waals surface area contributed by atoms with Crippen molar-refractivity contribution in [3.05, 3.63) is 30.3 Å². The molecule has 0 aliphatic rings. The molecule has 0 atom stereocenters. The lowest BCUT2D eigenvalue weighted by Gasteiger charge is -2.11. The van der Waals surface area contributed by atoms with E-state index in [2.05, 4.69) is 15.5 Å². The minimum absolute atomic E-state index is 0.0789. The van der Waals surface area contributed by atoms with E-state index >= 15 is 0 Å². The quantitative estimate of drug-likeness (QED) is 0.866. The SMILES string of the molecule is CN(C)C(=S)SCC(=O)Nc1nnc(-c2ccccc2)o1. The van der Waals surface area contributed by atoms with E-state index in [-0.39, 0.29) is 17.7 Å². The first-order valence-corrected chi connectivity index (χ1v) is 7.48. The fourth-order valence-corrected chi connectivity index (χ4v) is 2.14. The monoisotopic (exact) mass is 322 g/mol. The van der Waals surface area contributed by atoms with Crippen LogP contribution in [0.15, 0.2) is 34.7 Å². The van der Waals surface area contributed by atoms with E-state index in [1.807, 2.05) is 44.4 Å². The highest BCUT2D eigenvalue weighted by Gasteiger charge is 2.12. The van der Waals surface area contributed by atoms with Crippen LogP contribution in [0.1, 0.15) is 0 Å². The lowest BCUT2D eigenvalue weighted by atomic mass is 10.2. The number of thiocarbonyl (C=S) groups is 1. The molecule has 0 saturated carbocycles. The van der Waals surface area contributed by atoms with Crippen molar-refractivity contribution in [1.82, 2.24) is 15.1 Å². The number of anilines is 1. The van der Waals surface area contributed by atoms with Gasteiger partial charge in [0.2, 0.25) is 11.8 Å². The number of aromatic nitrogens is 2. The van der Waals surface area contributed by atoms with Crippen LogP contribution in [0.5, 0.6) is 0 Å². The van der Waals surface area contributed by atoms with Gasteiger partial charge in [-0.1, -0.05) is 47.3 Å². The Morgan fingerprint density at radius 1 is 1.33 bits per heavy atom. The molecule has 0 fully saturated rings. The number of nitrogens with zero attached hydrogens (tertiary/aromatic N) is 3. The summed E-state index contributed by atoms with van der Waals surface area (Å²) < 4.78 is 6.03. The van der Waals surface area contributed by atoms with Crippen LogP contribution in [0.2, 0.25) is 0 Å². The van der Waals surface area contributed by atoms with Gasteiger partial charge in [-0.15, -0.1) is 5.10 Å². The van der Waals surface area contributed by atoms with E-state index in [1.165, 1.54) is 11.8 Å². The molecule has 1 heterocycles. The second-order valence-electron chi connectivity index (χ2n) is 4.28. The van der Waals surface area contributed by atoms with E-state index in [1.54, 1.807) is 4.90 Å². The molecule has 8 heteroatoms. The van der Waals surface area contributed by atoms with Crippen molar-refractivity contribution in [2.45, 2.75) is 0 Å². The summed E-state index contributed by atoms with van der Waals surface area (Å²) >= 11 is 6.36. The lowest BCUT2D eigenvalue weighted by molar-refractivity contribution is -0.113. The summed E-state index contributed by atoms with van der Waals surface area (Å²) in [5.74, 6) is 0.315.